The number of hydrogen-bond donors (Lipinski definition) is 1. The van der Waals surface area contributed by atoms with Gasteiger partial charge in [-0.15, -0.1) is 0 Å². The number of fused-ring (bicyclic) bond motifs is 1. The lowest BCUT2D eigenvalue weighted by atomic mass is 9.81. The molecule has 0 bridgehead atoms. The minimum absolute atomic E-state index is 0.0637. The lowest BCUT2D eigenvalue weighted by Crippen LogP contribution is -2.45. The van der Waals surface area contributed by atoms with E-state index in [1.54, 1.807) is 19.5 Å². The van der Waals surface area contributed by atoms with Gasteiger partial charge in [0.2, 0.25) is 11.6 Å². The van der Waals surface area contributed by atoms with Crippen molar-refractivity contribution in [2.24, 2.45) is 17.8 Å². The van der Waals surface area contributed by atoms with Gasteiger partial charge in [-0.25, -0.2) is 19.7 Å². The Balaban J connectivity index is 1.62. The molecule has 5 heterocycles. The SMILES string of the molecule is COC1(c2nc3nc(-c4noc(=O)[nH]4)nc(-c4cncc(Cl)c4)c3n2CC2CCC(C)CC2)CCOCC1C. The highest BCUT2D eigenvalue weighted by atomic mass is 35.5. The number of imidazole rings is 1. The molecule has 1 N–H and O–H groups in total. The minimum atomic E-state index is -0.688. The highest BCUT2D eigenvalue weighted by Crippen LogP contribution is 2.43. The number of ether oxygens (including phenoxy) is 2. The van der Waals surface area contributed by atoms with E-state index in [1.807, 2.05) is 6.07 Å². The monoisotopic (exact) mass is 553 g/mol. The van der Waals surface area contributed by atoms with E-state index < -0.39 is 11.4 Å². The van der Waals surface area contributed by atoms with Gasteiger partial charge >= 0.3 is 5.76 Å². The quantitative estimate of drug-likeness (QED) is 0.363. The molecule has 39 heavy (non-hydrogen) atoms. The van der Waals surface area contributed by atoms with Crippen LogP contribution in [0, 0.1) is 17.8 Å². The number of H-pyrrole nitrogens is 1. The Labute approximate surface area is 230 Å². The van der Waals surface area contributed by atoms with E-state index in [-0.39, 0.29) is 17.6 Å². The van der Waals surface area contributed by atoms with Crippen molar-refractivity contribution in [1.29, 1.82) is 0 Å². The molecule has 2 unspecified atom stereocenters. The van der Waals surface area contributed by atoms with Crippen LogP contribution >= 0.6 is 11.6 Å². The largest absolute Gasteiger partial charge is 0.439 e. The molecule has 12 heteroatoms. The maximum absolute atomic E-state index is 11.7. The van der Waals surface area contributed by atoms with Gasteiger partial charge in [-0.1, -0.05) is 43.4 Å². The predicted molar refractivity (Wildman–Crippen MR) is 144 cm³/mol. The molecule has 0 aromatic carbocycles. The van der Waals surface area contributed by atoms with Crippen LogP contribution in [0.3, 0.4) is 0 Å². The maximum atomic E-state index is 11.7. The molecule has 1 saturated carbocycles. The topological polar surface area (TPSA) is 134 Å². The van der Waals surface area contributed by atoms with Crippen LogP contribution in [0.5, 0.6) is 0 Å². The van der Waals surface area contributed by atoms with E-state index in [9.17, 15) is 4.79 Å². The summed E-state index contributed by atoms with van der Waals surface area (Å²) < 4.78 is 19.1. The minimum Gasteiger partial charge on any atom is -0.381 e. The first-order valence-electron chi connectivity index (χ1n) is 13.5. The maximum Gasteiger partial charge on any atom is 0.439 e. The Bertz CT molecular complexity index is 1540. The molecule has 0 amide bonds. The summed E-state index contributed by atoms with van der Waals surface area (Å²) in [6, 6.07) is 1.81. The molecule has 1 aliphatic heterocycles. The molecule has 0 radical (unpaired) electrons. The number of pyridine rings is 1. The summed E-state index contributed by atoms with van der Waals surface area (Å²) in [6.07, 6.45) is 8.66. The number of methoxy groups -OCH3 is 1. The van der Waals surface area contributed by atoms with Gasteiger partial charge in [0.25, 0.3) is 0 Å². The molecule has 2 atom stereocenters. The van der Waals surface area contributed by atoms with Gasteiger partial charge in [0.05, 0.1) is 11.6 Å². The number of aromatic nitrogens is 7. The Morgan fingerprint density at radius 1 is 1.18 bits per heavy atom. The van der Waals surface area contributed by atoms with Crippen molar-refractivity contribution in [2.75, 3.05) is 20.3 Å². The number of hydrogen-bond acceptors (Lipinski definition) is 9. The molecule has 1 saturated heterocycles. The molecule has 2 aliphatic rings. The predicted octanol–water partition coefficient (Wildman–Crippen LogP) is 4.61. The second-order valence-corrected chi connectivity index (χ2v) is 11.3. The zero-order chi connectivity index (χ0) is 27.1. The standard InChI is InChI=1S/C27H32ClN7O4/c1-15-4-6-17(7-5-15)13-35-21-20(18-10-19(28)12-29-11-18)30-23(24-33-26(36)39-34-24)31-22(21)32-25(35)27(37-3)8-9-38-14-16(27)2/h10-12,15-17H,4-9,13-14H2,1-3H3,(H,33,34,36). The highest BCUT2D eigenvalue weighted by molar-refractivity contribution is 6.30. The number of aromatic amines is 1. The van der Waals surface area contributed by atoms with Crippen LogP contribution in [-0.4, -0.2) is 55.0 Å². The fourth-order valence-corrected chi connectivity index (χ4v) is 6.25. The van der Waals surface area contributed by atoms with Crippen molar-refractivity contribution in [3.8, 4) is 22.9 Å². The number of nitrogens with one attached hydrogen (secondary N) is 1. The van der Waals surface area contributed by atoms with Crippen LogP contribution in [-0.2, 0) is 21.6 Å². The third-order valence-electron chi connectivity index (χ3n) is 8.33. The van der Waals surface area contributed by atoms with E-state index in [4.69, 9.17) is 40.5 Å². The van der Waals surface area contributed by atoms with Crippen molar-refractivity contribution in [3.05, 3.63) is 39.9 Å². The molecule has 2 fully saturated rings. The van der Waals surface area contributed by atoms with E-state index in [0.29, 0.717) is 47.5 Å². The Kier molecular flexibility index (Phi) is 6.98. The second kappa shape index (κ2) is 10.4. The molecule has 11 nitrogen and oxygen atoms in total. The fraction of sp³-hybridized carbons (Fsp3) is 0.556. The summed E-state index contributed by atoms with van der Waals surface area (Å²) in [5.41, 5.74) is 1.90. The van der Waals surface area contributed by atoms with Gasteiger partial charge in [0.1, 0.15) is 22.6 Å². The van der Waals surface area contributed by atoms with Gasteiger partial charge in [0.15, 0.2) is 5.65 Å². The average molecular weight is 554 g/mol. The van der Waals surface area contributed by atoms with Gasteiger partial charge < -0.3 is 14.0 Å². The van der Waals surface area contributed by atoms with E-state index >= 15 is 0 Å². The second-order valence-electron chi connectivity index (χ2n) is 10.9. The van der Waals surface area contributed by atoms with Crippen LogP contribution in [0.4, 0.5) is 0 Å². The molecule has 4 aromatic heterocycles. The summed E-state index contributed by atoms with van der Waals surface area (Å²) in [5.74, 6) is 1.73. The van der Waals surface area contributed by atoms with E-state index in [2.05, 4.69) is 33.5 Å². The first kappa shape index (κ1) is 26.1. The van der Waals surface area contributed by atoms with E-state index in [0.717, 1.165) is 36.6 Å². The third kappa shape index (κ3) is 4.76. The molecule has 6 rings (SSSR count). The summed E-state index contributed by atoms with van der Waals surface area (Å²) in [7, 11) is 1.74. The molecular weight excluding hydrogens is 522 g/mol. The molecule has 0 spiro atoms. The first-order chi connectivity index (χ1) is 18.9. The molecule has 4 aromatic rings. The van der Waals surface area contributed by atoms with Crippen molar-refractivity contribution < 1.29 is 14.0 Å². The van der Waals surface area contributed by atoms with Gasteiger partial charge in [-0.05, 0) is 30.7 Å². The number of nitrogens with zero attached hydrogens (tertiary/aromatic N) is 6. The van der Waals surface area contributed by atoms with Crippen LogP contribution in [0.25, 0.3) is 34.1 Å². The average Bonchev–Trinajstić information content (AvgIpc) is 3.54. The lowest BCUT2D eigenvalue weighted by Gasteiger charge is -2.41. The normalized spacial score (nSPS) is 25.8. The molecular formula is C27H32ClN7O4. The van der Waals surface area contributed by atoms with Crippen molar-refractivity contribution >= 4 is 22.8 Å². The summed E-state index contributed by atoms with van der Waals surface area (Å²) in [4.78, 5) is 33.4. The first-order valence-corrected chi connectivity index (χ1v) is 13.8. The van der Waals surface area contributed by atoms with Gasteiger partial charge in [0, 0.05) is 50.6 Å². The van der Waals surface area contributed by atoms with Gasteiger partial charge in [-0.3, -0.25) is 14.5 Å². The van der Waals surface area contributed by atoms with Crippen LogP contribution in [0.15, 0.2) is 27.8 Å². The van der Waals surface area contributed by atoms with Crippen LogP contribution < -0.4 is 5.76 Å². The summed E-state index contributed by atoms with van der Waals surface area (Å²) in [5, 5.41) is 4.30. The van der Waals surface area contributed by atoms with Gasteiger partial charge in [-0.2, -0.15) is 0 Å². The zero-order valence-corrected chi connectivity index (χ0v) is 23.1. The highest BCUT2D eigenvalue weighted by Gasteiger charge is 2.45. The molecule has 206 valence electrons. The summed E-state index contributed by atoms with van der Waals surface area (Å²) in [6.45, 7) is 6.37. The van der Waals surface area contributed by atoms with E-state index in [1.165, 1.54) is 12.8 Å². The lowest BCUT2D eigenvalue weighted by molar-refractivity contribution is -0.141. The third-order valence-corrected chi connectivity index (χ3v) is 8.54. The van der Waals surface area contributed by atoms with Crippen molar-refractivity contribution in [3.63, 3.8) is 0 Å². The van der Waals surface area contributed by atoms with Crippen molar-refractivity contribution in [2.45, 2.75) is 58.1 Å². The smallest absolute Gasteiger partial charge is 0.381 e. The Morgan fingerprint density at radius 3 is 2.69 bits per heavy atom. The fourth-order valence-electron chi connectivity index (χ4n) is 6.07. The van der Waals surface area contributed by atoms with Crippen molar-refractivity contribution in [1.82, 2.24) is 34.6 Å². The number of halogens is 1. The molecule has 1 aliphatic carbocycles. The van der Waals surface area contributed by atoms with Crippen LogP contribution in [0.1, 0.15) is 51.8 Å². The van der Waals surface area contributed by atoms with Crippen LogP contribution in [0.2, 0.25) is 5.02 Å². The Morgan fingerprint density at radius 2 is 2.00 bits per heavy atom. The Hall–Kier alpha value is -3.15. The number of rotatable bonds is 6. The zero-order valence-electron chi connectivity index (χ0n) is 22.3. The summed E-state index contributed by atoms with van der Waals surface area (Å²) >= 11 is 6.37.